The molecule has 1 saturated heterocycles. The lowest BCUT2D eigenvalue weighted by atomic mass is 9.89. The molecule has 0 spiro atoms. The Morgan fingerprint density at radius 1 is 0.906 bits per heavy atom. The third kappa shape index (κ3) is 3.67. The summed E-state index contributed by atoms with van der Waals surface area (Å²) in [6, 6.07) is 1.91. The van der Waals surface area contributed by atoms with Gasteiger partial charge in [0.2, 0.25) is 0 Å². The quantitative estimate of drug-likeness (QED) is 0.460. The highest BCUT2D eigenvalue weighted by Gasteiger charge is 2.49. The van der Waals surface area contributed by atoms with Gasteiger partial charge in [-0.3, -0.25) is 28.8 Å². The van der Waals surface area contributed by atoms with Gasteiger partial charge in [-0.2, -0.15) is 0 Å². The molecule has 0 radical (unpaired) electrons. The molecule has 32 heavy (non-hydrogen) atoms. The highest BCUT2D eigenvalue weighted by molar-refractivity contribution is 6.40. The molecule has 0 saturated carbocycles. The van der Waals surface area contributed by atoms with E-state index in [1.54, 1.807) is 0 Å². The van der Waals surface area contributed by atoms with Crippen molar-refractivity contribution in [2.45, 2.75) is 45.1 Å². The molecule has 1 aliphatic heterocycles. The normalized spacial score (nSPS) is 21.2. The van der Waals surface area contributed by atoms with E-state index in [0.29, 0.717) is 19.5 Å². The number of unbranched alkanes of at least 4 members (excludes halogenated alkanes) is 1. The molecule has 1 heterocycles. The van der Waals surface area contributed by atoms with Crippen molar-refractivity contribution >= 4 is 34.7 Å². The molecule has 8 heteroatoms. The van der Waals surface area contributed by atoms with Crippen molar-refractivity contribution < 1.29 is 28.8 Å². The summed E-state index contributed by atoms with van der Waals surface area (Å²) in [6.07, 6.45) is 4.15. The second kappa shape index (κ2) is 8.96. The average Bonchev–Trinajstić information content (AvgIpc) is 3.19. The number of hydrogen-bond donors (Lipinski definition) is 2. The summed E-state index contributed by atoms with van der Waals surface area (Å²) in [5, 5.41) is 5.99. The second-order valence-corrected chi connectivity index (χ2v) is 8.67. The lowest BCUT2D eigenvalue weighted by molar-refractivity contribution is -0.123. The number of benzene rings is 1. The first-order valence-corrected chi connectivity index (χ1v) is 11.2. The van der Waals surface area contributed by atoms with Gasteiger partial charge >= 0.3 is 0 Å². The summed E-state index contributed by atoms with van der Waals surface area (Å²) >= 11 is 0. The minimum Gasteiger partial charge on any atom is -0.310 e. The fraction of sp³-hybridized carbons (Fsp3) is 0.500. The number of rotatable bonds is 8. The van der Waals surface area contributed by atoms with Crippen LogP contribution in [0.1, 0.15) is 80.5 Å². The predicted molar refractivity (Wildman–Crippen MR) is 114 cm³/mol. The van der Waals surface area contributed by atoms with Crippen LogP contribution in [0.4, 0.5) is 0 Å². The van der Waals surface area contributed by atoms with Gasteiger partial charge in [-0.25, -0.2) is 0 Å². The van der Waals surface area contributed by atoms with Crippen LogP contribution in [-0.2, 0) is 9.59 Å². The molecule has 8 nitrogen and oxygen atoms in total. The zero-order valence-corrected chi connectivity index (χ0v) is 18.0. The van der Waals surface area contributed by atoms with Gasteiger partial charge < -0.3 is 10.6 Å². The zero-order chi connectivity index (χ0) is 23.0. The van der Waals surface area contributed by atoms with Gasteiger partial charge in [0.15, 0.2) is 34.7 Å². The maximum absolute atomic E-state index is 13.0. The standard InChI is InChI=1S/C24H26N2O6/c1-2-3-7-25-11-17(27)18-20(28)12-9-14-15(10-13(12)21(18)29)23(31)19(22(14)30)24(32)16-6-4-5-8-26-16/h9-10,16,18-19,25-26H,2-8,11H2,1H3. The first kappa shape index (κ1) is 22.4. The summed E-state index contributed by atoms with van der Waals surface area (Å²) in [4.78, 5) is 77.0. The molecule has 3 aliphatic rings. The molecule has 1 aromatic carbocycles. The number of carbonyl (C=O) groups excluding carboxylic acids is 6. The second-order valence-electron chi connectivity index (χ2n) is 8.67. The molecule has 168 valence electrons. The van der Waals surface area contributed by atoms with E-state index < -0.39 is 52.6 Å². The molecule has 4 rings (SSSR count). The fourth-order valence-electron chi connectivity index (χ4n) is 4.74. The molecule has 2 aliphatic carbocycles. The third-order valence-corrected chi connectivity index (χ3v) is 6.53. The van der Waals surface area contributed by atoms with Gasteiger partial charge in [-0.15, -0.1) is 0 Å². The third-order valence-electron chi connectivity index (χ3n) is 6.53. The fourth-order valence-corrected chi connectivity index (χ4v) is 4.74. The Bertz CT molecular complexity index is 982. The molecule has 1 aromatic rings. The number of nitrogens with one attached hydrogen (secondary N) is 2. The zero-order valence-electron chi connectivity index (χ0n) is 18.0. The van der Waals surface area contributed by atoms with Crippen molar-refractivity contribution in [2.24, 2.45) is 11.8 Å². The van der Waals surface area contributed by atoms with Crippen LogP contribution in [0.2, 0.25) is 0 Å². The minimum absolute atomic E-state index is 0.0155. The number of Topliss-reactive ketones (excluding diaryl/α,β-unsaturated/α-hetero) is 6. The number of piperidine rings is 1. The molecule has 0 aromatic heterocycles. The molecule has 1 unspecified atom stereocenters. The number of carbonyl (C=O) groups is 6. The van der Waals surface area contributed by atoms with Gasteiger partial charge in [0.1, 0.15) is 11.8 Å². The molecular weight excluding hydrogens is 412 g/mol. The van der Waals surface area contributed by atoms with E-state index in [0.717, 1.165) is 25.7 Å². The topological polar surface area (TPSA) is 126 Å². The van der Waals surface area contributed by atoms with Crippen LogP contribution in [0.3, 0.4) is 0 Å². The van der Waals surface area contributed by atoms with Crippen LogP contribution >= 0.6 is 0 Å². The summed E-state index contributed by atoms with van der Waals surface area (Å²) in [5.41, 5.74) is -0.0761. The van der Waals surface area contributed by atoms with Crippen molar-refractivity contribution in [3.63, 3.8) is 0 Å². The summed E-state index contributed by atoms with van der Waals surface area (Å²) in [7, 11) is 0. The van der Waals surface area contributed by atoms with Gasteiger partial charge in [0.25, 0.3) is 0 Å². The van der Waals surface area contributed by atoms with E-state index in [-0.39, 0.29) is 28.8 Å². The summed E-state index contributed by atoms with van der Waals surface area (Å²) < 4.78 is 0. The van der Waals surface area contributed by atoms with E-state index in [2.05, 4.69) is 10.6 Å². The van der Waals surface area contributed by atoms with Crippen LogP contribution in [0, 0.1) is 11.8 Å². The predicted octanol–water partition coefficient (Wildman–Crippen LogP) is 1.35. The molecule has 1 atom stereocenters. The molecule has 0 amide bonds. The summed E-state index contributed by atoms with van der Waals surface area (Å²) in [6.45, 7) is 3.17. The SMILES string of the molecule is CCCCNCC(=O)C1C(=O)c2cc3c(cc2C1=O)C(=O)C(C(=O)C1CCCCN1)C3=O. The maximum atomic E-state index is 13.0. The van der Waals surface area contributed by atoms with Crippen LogP contribution in [0.15, 0.2) is 12.1 Å². The van der Waals surface area contributed by atoms with Crippen molar-refractivity contribution in [2.75, 3.05) is 19.6 Å². The maximum Gasteiger partial charge on any atom is 0.181 e. The van der Waals surface area contributed by atoms with Gasteiger partial charge in [0.05, 0.1) is 12.6 Å². The lowest BCUT2D eigenvalue weighted by Crippen LogP contribution is -2.45. The first-order chi connectivity index (χ1) is 15.4. The molecular formula is C24H26N2O6. The molecule has 2 N–H and O–H groups in total. The van der Waals surface area contributed by atoms with E-state index in [9.17, 15) is 28.8 Å². The Hall–Kier alpha value is -2.84. The number of fused-ring (bicyclic) bond motifs is 2. The van der Waals surface area contributed by atoms with E-state index in [1.165, 1.54) is 12.1 Å². The highest BCUT2D eigenvalue weighted by Crippen LogP contribution is 2.36. The van der Waals surface area contributed by atoms with E-state index in [1.807, 2.05) is 6.92 Å². The highest BCUT2D eigenvalue weighted by atomic mass is 16.2. The van der Waals surface area contributed by atoms with Crippen molar-refractivity contribution in [3.05, 3.63) is 34.4 Å². The van der Waals surface area contributed by atoms with Gasteiger partial charge in [-0.05, 0) is 44.5 Å². The Labute approximate surface area is 185 Å². The minimum atomic E-state index is -1.45. The van der Waals surface area contributed by atoms with Crippen molar-refractivity contribution in [1.82, 2.24) is 10.6 Å². The van der Waals surface area contributed by atoms with Crippen LogP contribution < -0.4 is 10.6 Å². The molecule has 0 bridgehead atoms. The average molecular weight is 438 g/mol. The van der Waals surface area contributed by atoms with Crippen LogP contribution in [0.25, 0.3) is 0 Å². The Morgan fingerprint density at radius 3 is 1.97 bits per heavy atom. The van der Waals surface area contributed by atoms with E-state index in [4.69, 9.17) is 0 Å². The van der Waals surface area contributed by atoms with Crippen LogP contribution in [0.5, 0.6) is 0 Å². The van der Waals surface area contributed by atoms with E-state index >= 15 is 0 Å². The van der Waals surface area contributed by atoms with Crippen molar-refractivity contribution in [3.8, 4) is 0 Å². The smallest absolute Gasteiger partial charge is 0.181 e. The summed E-state index contributed by atoms with van der Waals surface area (Å²) in [5.74, 6) is -6.45. The Balaban J connectivity index is 1.57. The monoisotopic (exact) mass is 438 g/mol. The molecule has 1 fully saturated rings. The number of hydrogen-bond acceptors (Lipinski definition) is 8. The lowest BCUT2D eigenvalue weighted by Gasteiger charge is -2.23. The van der Waals surface area contributed by atoms with Crippen molar-refractivity contribution in [1.29, 1.82) is 0 Å². The first-order valence-electron chi connectivity index (χ1n) is 11.2. The largest absolute Gasteiger partial charge is 0.310 e. The van der Waals surface area contributed by atoms with Crippen LogP contribution in [-0.4, -0.2) is 60.4 Å². The Morgan fingerprint density at radius 2 is 1.47 bits per heavy atom. The van der Waals surface area contributed by atoms with Gasteiger partial charge in [0, 0.05) is 22.3 Å². The van der Waals surface area contributed by atoms with Gasteiger partial charge in [-0.1, -0.05) is 19.8 Å². The Kier molecular flexibility index (Phi) is 6.26. The number of ketones is 6.